The summed E-state index contributed by atoms with van der Waals surface area (Å²) >= 11 is 1.65. The van der Waals surface area contributed by atoms with Crippen LogP contribution in [0.3, 0.4) is 0 Å². The molecular weight excluding hydrogens is 578 g/mol. The minimum Gasteiger partial charge on any atom is -0.493 e. The van der Waals surface area contributed by atoms with Crippen LogP contribution < -0.4 is 35.6 Å². The lowest BCUT2D eigenvalue weighted by Crippen LogP contribution is -2.41. The first-order valence-electron chi connectivity index (χ1n) is 15.3. The maximum atomic E-state index is 13.8. The molecule has 9 nitrogen and oxygen atoms in total. The normalized spacial score (nSPS) is 16.3. The highest BCUT2D eigenvalue weighted by molar-refractivity contribution is 7.98. The number of anilines is 1. The summed E-state index contributed by atoms with van der Waals surface area (Å²) < 4.78 is 17.2. The van der Waals surface area contributed by atoms with E-state index in [1.165, 1.54) is 25.3 Å². The van der Waals surface area contributed by atoms with E-state index in [0.717, 1.165) is 41.7 Å². The van der Waals surface area contributed by atoms with Crippen molar-refractivity contribution in [2.24, 2.45) is 0 Å². The highest BCUT2D eigenvalue weighted by Crippen LogP contribution is 2.50. The zero-order valence-electron chi connectivity index (χ0n) is 26.5. The molecule has 44 heavy (non-hydrogen) atoms. The van der Waals surface area contributed by atoms with Crippen molar-refractivity contribution in [2.45, 2.75) is 70.4 Å². The zero-order chi connectivity index (χ0) is 31.6. The molecule has 0 fully saturated rings. The van der Waals surface area contributed by atoms with E-state index in [0.29, 0.717) is 54.3 Å². The summed E-state index contributed by atoms with van der Waals surface area (Å²) in [6.45, 7) is 2.04. The fourth-order valence-electron chi connectivity index (χ4n) is 6.12. The molecule has 0 aromatic heterocycles. The van der Waals surface area contributed by atoms with Crippen molar-refractivity contribution in [1.82, 2.24) is 10.6 Å². The van der Waals surface area contributed by atoms with Crippen molar-refractivity contribution in [3.63, 3.8) is 0 Å². The van der Waals surface area contributed by atoms with E-state index in [1.54, 1.807) is 45.2 Å². The van der Waals surface area contributed by atoms with Crippen LogP contribution in [-0.2, 0) is 16.0 Å². The predicted molar refractivity (Wildman–Crippen MR) is 177 cm³/mol. The van der Waals surface area contributed by atoms with Crippen molar-refractivity contribution >= 4 is 29.3 Å². The molecule has 2 aromatic carbocycles. The summed E-state index contributed by atoms with van der Waals surface area (Å²) in [5.41, 5.74) is 4.60. The van der Waals surface area contributed by atoms with Crippen molar-refractivity contribution in [3.8, 4) is 28.4 Å². The SMILES string of the molecule is COc1cc2c(c(OC)c1OC)-c1ccc(N[C@@H](CCSC)C(=O)NCCC3=CCCCC3)c(=O)cc1[C@H](NC(C)=O)CC2. The zero-order valence-corrected chi connectivity index (χ0v) is 27.3. The fraction of sp³-hybridized carbons (Fsp3) is 0.500. The first-order chi connectivity index (χ1) is 21.3. The third-order valence-electron chi connectivity index (χ3n) is 8.30. The topological polar surface area (TPSA) is 115 Å². The summed E-state index contributed by atoms with van der Waals surface area (Å²) in [6, 6.07) is 6.11. The van der Waals surface area contributed by atoms with Crippen molar-refractivity contribution in [3.05, 3.63) is 57.3 Å². The maximum Gasteiger partial charge on any atom is 0.242 e. The van der Waals surface area contributed by atoms with E-state index in [4.69, 9.17) is 14.2 Å². The van der Waals surface area contributed by atoms with Gasteiger partial charge in [-0.3, -0.25) is 14.4 Å². The van der Waals surface area contributed by atoms with Crippen LogP contribution in [0.1, 0.15) is 69.0 Å². The lowest BCUT2D eigenvalue weighted by Gasteiger charge is -2.19. The number of fused-ring (bicyclic) bond motifs is 3. The quantitative estimate of drug-likeness (QED) is 0.254. The van der Waals surface area contributed by atoms with Gasteiger partial charge in [0.2, 0.25) is 23.0 Å². The highest BCUT2D eigenvalue weighted by atomic mass is 32.2. The van der Waals surface area contributed by atoms with Crippen LogP contribution in [0.25, 0.3) is 11.1 Å². The lowest BCUT2D eigenvalue weighted by molar-refractivity contribution is -0.122. The second kappa shape index (κ2) is 15.9. The minimum atomic E-state index is -0.574. The first kappa shape index (κ1) is 33.2. The van der Waals surface area contributed by atoms with Gasteiger partial charge in [0.1, 0.15) is 6.04 Å². The van der Waals surface area contributed by atoms with Crippen LogP contribution in [0.15, 0.2) is 40.7 Å². The molecule has 2 aliphatic carbocycles. The van der Waals surface area contributed by atoms with Gasteiger partial charge in [0.25, 0.3) is 0 Å². The van der Waals surface area contributed by atoms with Crippen LogP contribution >= 0.6 is 11.8 Å². The van der Waals surface area contributed by atoms with Gasteiger partial charge in [0, 0.05) is 19.0 Å². The minimum absolute atomic E-state index is 0.122. The molecule has 0 radical (unpaired) electrons. The van der Waals surface area contributed by atoms with Gasteiger partial charge in [-0.2, -0.15) is 11.8 Å². The molecule has 0 unspecified atom stereocenters. The highest BCUT2D eigenvalue weighted by Gasteiger charge is 2.30. The van der Waals surface area contributed by atoms with Gasteiger partial charge in [0.15, 0.2) is 11.5 Å². The Morgan fingerprint density at radius 2 is 1.84 bits per heavy atom. The van der Waals surface area contributed by atoms with Crippen LogP contribution in [0, 0.1) is 0 Å². The van der Waals surface area contributed by atoms with Crippen LogP contribution in [0.4, 0.5) is 5.69 Å². The van der Waals surface area contributed by atoms with E-state index in [1.807, 2.05) is 18.4 Å². The Kier molecular flexibility index (Phi) is 12.0. The first-order valence-corrected chi connectivity index (χ1v) is 16.7. The van der Waals surface area contributed by atoms with Crippen molar-refractivity contribution in [2.75, 3.05) is 45.2 Å². The average Bonchev–Trinajstić information content (AvgIpc) is 3.26. The smallest absolute Gasteiger partial charge is 0.242 e. The van der Waals surface area contributed by atoms with E-state index in [2.05, 4.69) is 22.0 Å². The number of rotatable bonds is 13. The molecule has 3 N–H and O–H groups in total. The molecular formula is C34H45N3O6S. The van der Waals surface area contributed by atoms with Gasteiger partial charge in [-0.25, -0.2) is 0 Å². The Hall–Kier alpha value is -3.66. The number of ether oxygens (including phenoxy) is 3. The summed E-state index contributed by atoms with van der Waals surface area (Å²) in [6.07, 6.45) is 11.5. The molecule has 2 amide bonds. The lowest BCUT2D eigenvalue weighted by atomic mass is 9.95. The van der Waals surface area contributed by atoms with Crippen LogP contribution in [-0.4, -0.2) is 57.7 Å². The molecule has 0 heterocycles. The van der Waals surface area contributed by atoms with Gasteiger partial charge in [0.05, 0.1) is 33.1 Å². The second-order valence-electron chi connectivity index (χ2n) is 11.2. The molecule has 10 heteroatoms. The van der Waals surface area contributed by atoms with Gasteiger partial charge in [-0.15, -0.1) is 0 Å². The number of carbonyl (C=O) groups is 2. The number of aryl methyl sites for hydroxylation is 1. The molecule has 0 saturated heterocycles. The molecule has 0 spiro atoms. The Balaban J connectivity index is 1.73. The number of carbonyl (C=O) groups excluding carboxylic acids is 2. The van der Waals surface area contributed by atoms with E-state index < -0.39 is 12.1 Å². The van der Waals surface area contributed by atoms with Crippen LogP contribution in [0.2, 0.25) is 0 Å². The largest absolute Gasteiger partial charge is 0.493 e. The maximum absolute atomic E-state index is 13.8. The number of thioether (sulfide) groups is 1. The number of hydrogen-bond acceptors (Lipinski definition) is 8. The standard InChI is InChI=1S/C34H45N3O6S/c1-21(38)36-26-13-11-23-19-30(41-2)32(42-3)33(43-4)31(23)24-12-14-27(29(39)20-25(24)26)37-28(16-18-44-5)34(40)35-17-15-22-9-7-6-8-10-22/h9,12,14,19-20,26,28H,6-8,10-11,13,15-18H2,1-5H3,(H,35,40)(H,36,38)(H,37,39)/t26-,28+/m1/s1. The number of allylic oxidation sites excluding steroid dienone is 1. The molecule has 2 aliphatic rings. The molecule has 4 rings (SSSR count). The van der Waals surface area contributed by atoms with Crippen molar-refractivity contribution in [1.29, 1.82) is 0 Å². The Morgan fingerprint density at radius 3 is 2.50 bits per heavy atom. The van der Waals surface area contributed by atoms with Gasteiger partial charge in [-0.05, 0) is 98.3 Å². The van der Waals surface area contributed by atoms with E-state index in [-0.39, 0.29) is 17.2 Å². The Bertz CT molecular complexity index is 1440. The molecule has 0 saturated carbocycles. The Morgan fingerprint density at radius 1 is 1.05 bits per heavy atom. The monoisotopic (exact) mass is 623 g/mol. The summed E-state index contributed by atoms with van der Waals surface area (Å²) in [5.74, 6) is 1.92. The molecule has 0 bridgehead atoms. The third-order valence-corrected chi connectivity index (χ3v) is 8.95. The van der Waals surface area contributed by atoms with E-state index in [9.17, 15) is 14.4 Å². The number of nitrogens with one attached hydrogen (secondary N) is 3. The summed E-state index contributed by atoms with van der Waals surface area (Å²) in [5, 5.41) is 9.38. The average molecular weight is 624 g/mol. The fourth-order valence-corrected chi connectivity index (χ4v) is 6.59. The number of hydrogen-bond donors (Lipinski definition) is 3. The molecule has 2 atom stereocenters. The summed E-state index contributed by atoms with van der Waals surface area (Å²) in [7, 11) is 4.70. The van der Waals surface area contributed by atoms with E-state index >= 15 is 0 Å². The van der Waals surface area contributed by atoms with Crippen LogP contribution in [0.5, 0.6) is 17.2 Å². The summed E-state index contributed by atoms with van der Waals surface area (Å²) in [4.78, 5) is 39.4. The molecule has 2 aromatic rings. The predicted octanol–water partition coefficient (Wildman–Crippen LogP) is 5.40. The molecule has 238 valence electrons. The second-order valence-corrected chi connectivity index (χ2v) is 12.2. The molecule has 0 aliphatic heterocycles. The number of amides is 2. The third kappa shape index (κ3) is 7.88. The number of benzene rings is 1. The Labute approximate surface area is 264 Å². The number of methoxy groups -OCH3 is 3. The van der Waals surface area contributed by atoms with Crippen molar-refractivity contribution < 1.29 is 23.8 Å². The van der Waals surface area contributed by atoms with Gasteiger partial charge >= 0.3 is 0 Å². The van der Waals surface area contributed by atoms with Gasteiger partial charge in [-0.1, -0.05) is 17.7 Å². The van der Waals surface area contributed by atoms with Gasteiger partial charge < -0.3 is 30.2 Å².